The van der Waals surface area contributed by atoms with Gasteiger partial charge < -0.3 is 4.57 Å². The maximum Gasteiger partial charge on any atom is 0.0759 e. The van der Waals surface area contributed by atoms with E-state index in [1.807, 2.05) is 16.9 Å². The van der Waals surface area contributed by atoms with Gasteiger partial charge in [-0.1, -0.05) is 42.5 Å². The zero-order valence-corrected chi connectivity index (χ0v) is 15.1. The highest BCUT2D eigenvalue weighted by atomic mass is 15.3. The summed E-state index contributed by atoms with van der Waals surface area (Å²) in [4.78, 5) is 2.58. The molecule has 134 valence electrons. The van der Waals surface area contributed by atoms with Gasteiger partial charge in [0.2, 0.25) is 0 Å². The Bertz CT molecular complexity index is 1000. The summed E-state index contributed by atoms with van der Waals surface area (Å²) in [6.45, 7) is 3.02. The number of hydrogen-bond acceptors (Lipinski definition) is 2. The minimum absolute atomic E-state index is 0.292. The Morgan fingerprint density at radius 2 is 1.67 bits per heavy atom. The summed E-state index contributed by atoms with van der Waals surface area (Å²) in [5, 5.41) is 4.31. The highest BCUT2D eigenvalue weighted by Gasteiger charge is 2.28. The second-order valence-electron chi connectivity index (χ2n) is 7.03. The highest BCUT2D eigenvalue weighted by Crippen LogP contribution is 2.33. The predicted molar refractivity (Wildman–Crippen MR) is 107 cm³/mol. The molecule has 5 rings (SSSR count). The highest BCUT2D eigenvalue weighted by molar-refractivity contribution is 5.35. The molecule has 27 heavy (non-hydrogen) atoms. The van der Waals surface area contributed by atoms with Crippen molar-refractivity contribution >= 4 is 0 Å². The summed E-state index contributed by atoms with van der Waals surface area (Å²) in [6, 6.07) is 26.2. The fourth-order valence-corrected chi connectivity index (χ4v) is 4.03. The number of benzene rings is 2. The van der Waals surface area contributed by atoms with Crippen LogP contribution in [0.2, 0.25) is 0 Å². The van der Waals surface area contributed by atoms with E-state index in [-0.39, 0.29) is 0 Å². The Hall–Kier alpha value is -3.11. The average molecular weight is 354 g/mol. The fourth-order valence-electron chi connectivity index (χ4n) is 4.03. The number of rotatable bonds is 4. The Kier molecular flexibility index (Phi) is 4.11. The van der Waals surface area contributed by atoms with Gasteiger partial charge in [-0.3, -0.25) is 4.90 Å². The van der Waals surface area contributed by atoms with Gasteiger partial charge in [-0.2, -0.15) is 5.10 Å². The lowest BCUT2D eigenvalue weighted by atomic mass is 9.99. The minimum Gasteiger partial charge on any atom is -0.348 e. The number of fused-ring (bicyclic) bond motifs is 1. The molecule has 0 saturated carbocycles. The van der Waals surface area contributed by atoms with Gasteiger partial charge in [0.15, 0.2) is 0 Å². The summed E-state index contributed by atoms with van der Waals surface area (Å²) < 4.78 is 4.28. The van der Waals surface area contributed by atoms with Crippen LogP contribution in [0.15, 0.2) is 91.4 Å². The Labute approximate surface area is 159 Å². The van der Waals surface area contributed by atoms with Gasteiger partial charge in [-0.15, -0.1) is 0 Å². The molecule has 0 bridgehead atoms. The van der Waals surface area contributed by atoms with Crippen molar-refractivity contribution in [2.24, 2.45) is 0 Å². The van der Waals surface area contributed by atoms with Crippen LogP contribution >= 0.6 is 0 Å². The van der Waals surface area contributed by atoms with Crippen LogP contribution in [0, 0.1) is 0 Å². The lowest BCUT2D eigenvalue weighted by molar-refractivity contribution is 0.174. The molecule has 4 heteroatoms. The maximum atomic E-state index is 4.31. The van der Waals surface area contributed by atoms with Crippen molar-refractivity contribution in [3.63, 3.8) is 0 Å². The van der Waals surface area contributed by atoms with E-state index in [1.165, 1.54) is 16.8 Å². The number of aromatic nitrogens is 3. The van der Waals surface area contributed by atoms with Gasteiger partial charge in [0.1, 0.15) is 0 Å². The topological polar surface area (TPSA) is 26.0 Å². The molecule has 2 aromatic carbocycles. The average Bonchev–Trinajstić information content (AvgIpc) is 3.41. The molecule has 2 aromatic heterocycles. The first-order chi connectivity index (χ1) is 13.4. The Morgan fingerprint density at radius 1 is 0.815 bits per heavy atom. The normalized spacial score (nSPS) is 17.0. The Morgan fingerprint density at radius 3 is 2.44 bits per heavy atom. The van der Waals surface area contributed by atoms with Gasteiger partial charge in [0.05, 0.1) is 11.7 Å². The maximum absolute atomic E-state index is 4.31. The van der Waals surface area contributed by atoms with Crippen molar-refractivity contribution in [2.45, 2.75) is 19.1 Å². The molecule has 1 unspecified atom stereocenters. The van der Waals surface area contributed by atoms with Gasteiger partial charge in [0, 0.05) is 43.9 Å². The molecule has 0 spiro atoms. The van der Waals surface area contributed by atoms with E-state index in [2.05, 4.69) is 87.5 Å². The third-order valence-corrected chi connectivity index (χ3v) is 5.34. The first-order valence-electron chi connectivity index (χ1n) is 9.41. The van der Waals surface area contributed by atoms with Crippen molar-refractivity contribution in [3.8, 4) is 5.69 Å². The quantitative estimate of drug-likeness (QED) is 0.547. The summed E-state index contributed by atoms with van der Waals surface area (Å²) in [5.41, 5.74) is 5.15. The summed E-state index contributed by atoms with van der Waals surface area (Å²) in [7, 11) is 0. The van der Waals surface area contributed by atoms with Crippen molar-refractivity contribution in [1.82, 2.24) is 19.2 Å². The molecular formula is C23H22N4. The van der Waals surface area contributed by atoms with Gasteiger partial charge in [-0.05, 0) is 41.5 Å². The van der Waals surface area contributed by atoms with Crippen LogP contribution in [0.3, 0.4) is 0 Å². The van der Waals surface area contributed by atoms with Crippen molar-refractivity contribution < 1.29 is 0 Å². The molecule has 0 amide bonds. The van der Waals surface area contributed by atoms with Crippen LogP contribution in [0.4, 0.5) is 0 Å². The molecule has 0 N–H and O–H groups in total. The van der Waals surface area contributed by atoms with E-state index in [9.17, 15) is 0 Å². The van der Waals surface area contributed by atoms with Crippen molar-refractivity contribution in [2.75, 3.05) is 6.54 Å². The summed E-state index contributed by atoms with van der Waals surface area (Å²) in [5.74, 6) is 0. The largest absolute Gasteiger partial charge is 0.348 e. The molecule has 1 aliphatic heterocycles. The zero-order chi connectivity index (χ0) is 18.1. The van der Waals surface area contributed by atoms with E-state index < -0.39 is 0 Å². The lowest BCUT2D eigenvalue weighted by Crippen LogP contribution is -2.37. The van der Waals surface area contributed by atoms with Crippen LogP contribution in [0.25, 0.3) is 5.69 Å². The van der Waals surface area contributed by atoms with Crippen LogP contribution in [0.1, 0.15) is 22.9 Å². The molecule has 4 nitrogen and oxygen atoms in total. The van der Waals surface area contributed by atoms with Crippen LogP contribution in [-0.2, 0) is 13.1 Å². The van der Waals surface area contributed by atoms with E-state index in [0.29, 0.717) is 6.04 Å². The molecular weight excluding hydrogens is 332 g/mol. The lowest BCUT2D eigenvalue weighted by Gasteiger charge is -2.37. The van der Waals surface area contributed by atoms with E-state index >= 15 is 0 Å². The van der Waals surface area contributed by atoms with E-state index in [0.717, 1.165) is 25.3 Å². The fraction of sp³-hybridized carbons (Fsp3) is 0.174. The second-order valence-corrected chi connectivity index (χ2v) is 7.03. The molecule has 1 atom stereocenters. The molecule has 0 saturated heterocycles. The number of hydrogen-bond donors (Lipinski definition) is 0. The zero-order valence-electron chi connectivity index (χ0n) is 15.1. The molecule has 0 fully saturated rings. The first-order valence-corrected chi connectivity index (χ1v) is 9.41. The minimum atomic E-state index is 0.292. The second kappa shape index (κ2) is 6.89. The van der Waals surface area contributed by atoms with Crippen molar-refractivity contribution in [3.05, 3.63) is 108 Å². The van der Waals surface area contributed by atoms with Gasteiger partial charge >= 0.3 is 0 Å². The molecule has 4 aromatic rings. The van der Waals surface area contributed by atoms with Crippen LogP contribution in [0.5, 0.6) is 0 Å². The first kappa shape index (κ1) is 16.1. The summed E-state index contributed by atoms with van der Waals surface area (Å²) in [6.07, 6.45) is 5.97. The van der Waals surface area contributed by atoms with E-state index in [1.54, 1.807) is 6.20 Å². The summed E-state index contributed by atoms with van der Waals surface area (Å²) >= 11 is 0. The van der Waals surface area contributed by atoms with Gasteiger partial charge in [-0.25, -0.2) is 4.68 Å². The molecule has 3 heterocycles. The van der Waals surface area contributed by atoms with Crippen LogP contribution in [-0.4, -0.2) is 25.8 Å². The Balaban J connectivity index is 1.43. The smallest absolute Gasteiger partial charge is 0.0759 e. The predicted octanol–water partition coefficient (Wildman–Crippen LogP) is 4.28. The standard InChI is InChI=1S/C23H22N4/c1-2-6-20(7-3-1)23-22-8-4-14-25(22)16-17-26(23)18-19-9-11-21(12-10-19)27-15-5-13-24-27/h1-15,23H,16-18H2. The SMILES string of the molecule is c1ccc(C2c3cccn3CCN2Cc2ccc(-n3cccn3)cc2)cc1. The monoisotopic (exact) mass is 354 g/mol. The van der Waals surface area contributed by atoms with Gasteiger partial charge in [0.25, 0.3) is 0 Å². The third kappa shape index (κ3) is 3.09. The van der Waals surface area contributed by atoms with Crippen LogP contribution < -0.4 is 0 Å². The van der Waals surface area contributed by atoms with Crippen molar-refractivity contribution in [1.29, 1.82) is 0 Å². The number of nitrogens with zero attached hydrogens (tertiary/aromatic N) is 4. The molecule has 0 aliphatic carbocycles. The third-order valence-electron chi connectivity index (χ3n) is 5.34. The molecule has 1 aliphatic rings. The molecule has 0 radical (unpaired) electrons. The van der Waals surface area contributed by atoms with E-state index in [4.69, 9.17) is 0 Å².